The van der Waals surface area contributed by atoms with Crippen LogP contribution in [0.2, 0.25) is 0 Å². The Hall–Kier alpha value is -2.34. The molecule has 1 heterocycles. The number of aryl methyl sites for hydroxylation is 2. The lowest BCUT2D eigenvalue weighted by molar-refractivity contribution is 0.213. The summed E-state index contributed by atoms with van der Waals surface area (Å²) in [6.45, 7) is 4.69. The number of nitrogens with one attached hydrogen (secondary N) is 1. The molecule has 0 saturated carbocycles. The van der Waals surface area contributed by atoms with Crippen LogP contribution < -0.4 is 14.8 Å². The predicted octanol–water partition coefficient (Wildman–Crippen LogP) is 4.60. The van der Waals surface area contributed by atoms with E-state index in [9.17, 15) is 4.79 Å². The van der Waals surface area contributed by atoms with Crippen LogP contribution >= 0.6 is 11.8 Å². The molecule has 0 bridgehead atoms. The molecule has 2 aromatic rings. The van der Waals surface area contributed by atoms with Crippen molar-refractivity contribution in [2.45, 2.75) is 19.2 Å². The first-order valence-electron chi connectivity index (χ1n) is 8.53. The van der Waals surface area contributed by atoms with Crippen molar-refractivity contribution in [3.05, 3.63) is 53.1 Å². The van der Waals surface area contributed by atoms with E-state index in [4.69, 9.17) is 9.47 Å². The molecule has 2 amide bonds. The number of thioether (sulfide) groups is 1. The molecule has 1 aliphatic rings. The monoisotopic (exact) mass is 372 g/mol. The second kappa shape index (κ2) is 7.91. The van der Waals surface area contributed by atoms with Crippen LogP contribution in [0.3, 0.4) is 0 Å². The highest BCUT2D eigenvalue weighted by Crippen LogP contribution is 2.45. The number of carbonyl (C=O) groups is 1. The van der Waals surface area contributed by atoms with Crippen LogP contribution in [0.5, 0.6) is 11.5 Å². The van der Waals surface area contributed by atoms with Gasteiger partial charge in [-0.3, -0.25) is 0 Å². The van der Waals surface area contributed by atoms with Crippen LogP contribution in [-0.4, -0.2) is 37.4 Å². The molecule has 3 rings (SSSR count). The fourth-order valence-corrected chi connectivity index (χ4v) is 4.50. The van der Waals surface area contributed by atoms with Gasteiger partial charge in [0.1, 0.15) is 5.37 Å². The van der Waals surface area contributed by atoms with Gasteiger partial charge in [-0.25, -0.2) is 4.79 Å². The fraction of sp³-hybridized carbons (Fsp3) is 0.350. The Bertz CT molecular complexity index is 789. The summed E-state index contributed by atoms with van der Waals surface area (Å²) >= 11 is 1.73. The summed E-state index contributed by atoms with van der Waals surface area (Å²) in [5.74, 6) is 2.23. The SMILES string of the molecule is COc1cccc([C@H]2SCCN2C(=O)Nc2c(C)cccc2C)c1OC. The van der Waals surface area contributed by atoms with Crippen molar-refractivity contribution < 1.29 is 14.3 Å². The van der Waals surface area contributed by atoms with E-state index in [0.717, 1.165) is 28.1 Å². The molecule has 0 aliphatic carbocycles. The molecule has 138 valence electrons. The summed E-state index contributed by atoms with van der Waals surface area (Å²) in [5, 5.41) is 2.98. The number of ether oxygens (including phenoxy) is 2. The van der Waals surface area contributed by atoms with Crippen molar-refractivity contribution in [2.24, 2.45) is 0 Å². The molecule has 0 aromatic heterocycles. The predicted molar refractivity (Wildman–Crippen MR) is 106 cm³/mol. The van der Waals surface area contributed by atoms with Gasteiger partial charge < -0.3 is 19.7 Å². The second-order valence-corrected chi connectivity index (χ2v) is 7.38. The summed E-state index contributed by atoms with van der Waals surface area (Å²) in [7, 11) is 3.25. The molecule has 0 radical (unpaired) electrons. The molecule has 1 atom stereocenters. The maximum Gasteiger partial charge on any atom is 0.323 e. The van der Waals surface area contributed by atoms with Crippen LogP contribution in [0.1, 0.15) is 22.1 Å². The minimum Gasteiger partial charge on any atom is -0.493 e. The van der Waals surface area contributed by atoms with Gasteiger partial charge in [-0.15, -0.1) is 11.8 Å². The van der Waals surface area contributed by atoms with E-state index in [1.54, 1.807) is 26.0 Å². The summed E-state index contributed by atoms with van der Waals surface area (Å²) < 4.78 is 11.0. The number of benzene rings is 2. The molecule has 1 saturated heterocycles. The number of urea groups is 1. The van der Waals surface area contributed by atoms with E-state index in [2.05, 4.69) is 5.32 Å². The standard InChI is InChI=1S/C20H24N2O3S/c1-13-7-5-8-14(2)17(13)21-20(23)22-11-12-26-19(22)15-9-6-10-16(24-3)18(15)25-4/h5-10,19H,11-12H2,1-4H3,(H,21,23)/t19-/m1/s1. The third kappa shape index (κ3) is 3.46. The zero-order valence-corrected chi connectivity index (χ0v) is 16.4. The smallest absolute Gasteiger partial charge is 0.323 e. The third-order valence-corrected chi connectivity index (χ3v) is 5.81. The summed E-state index contributed by atoms with van der Waals surface area (Å²) in [4.78, 5) is 14.8. The van der Waals surface area contributed by atoms with E-state index in [-0.39, 0.29) is 11.4 Å². The molecule has 2 aromatic carbocycles. The van der Waals surface area contributed by atoms with Gasteiger partial charge in [-0.2, -0.15) is 0 Å². The van der Waals surface area contributed by atoms with Crippen molar-refractivity contribution in [3.8, 4) is 11.5 Å². The van der Waals surface area contributed by atoms with Crippen LogP contribution in [0, 0.1) is 13.8 Å². The Morgan fingerprint density at radius 3 is 2.46 bits per heavy atom. The lowest BCUT2D eigenvalue weighted by Crippen LogP contribution is -2.34. The summed E-state index contributed by atoms with van der Waals surface area (Å²) in [5.41, 5.74) is 3.94. The Morgan fingerprint density at radius 1 is 1.12 bits per heavy atom. The lowest BCUT2D eigenvalue weighted by Gasteiger charge is -2.27. The first kappa shape index (κ1) is 18.5. The van der Waals surface area contributed by atoms with Gasteiger partial charge in [-0.1, -0.05) is 30.3 Å². The largest absolute Gasteiger partial charge is 0.493 e. The minimum atomic E-state index is -0.107. The molecule has 5 nitrogen and oxygen atoms in total. The number of amides is 2. The third-order valence-electron chi connectivity index (χ3n) is 4.56. The van der Waals surface area contributed by atoms with Crippen molar-refractivity contribution >= 4 is 23.5 Å². The van der Waals surface area contributed by atoms with Crippen molar-refractivity contribution in [1.82, 2.24) is 4.90 Å². The van der Waals surface area contributed by atoms with Gasteiger partial charge in [0.15, 0.2) is 11.5 Å². The topological polar surface area (TPSA) is 50.8 Å². The van der Waals surface area contributed by atoms with Crippen LogP contribution in [0.4, 0.5) is 10.5 Å². The van der Waals surface area contributed by atoms with Gasteiger partial charge in [0, 0.05) is 23.5 Å². The number of methoxy groups -OCH3 is 2. The van der Waals surface area contributed by atoms with Crippen molar-refractivity contribution in [3.63, 3.8) is 0 Å². The quantitative estimate of drug-likeness (QED) is 0.852. The second-order valence-electron chi connectivity index (χ2n) is 6.20. The molecule has 1 aliphatic heterocycles. The molecule has 0 spiro atoms. The van der Waals surface area contributed by atoms with Crippen molar-refractivity contribution in [1.29, 1.82) is 0 Å². The molecule has 26 heavy (non-hydrogen) atoms. The normalized spacial score (nSPS) is 16.5. The van der Waals surface area contributed by atoms with E-state index >= 15 is 0 Å². The van der Waals surface area contributed by atoms with E-state index in [0.29, 0.717) is 18.0 Å². The van der Waals surface area contributed by atoms with Crippen LogP contribution in [-0.2, 0) is 0 Å². The molecular weight excluding hydrogens is 348 g/mol. The van der Waals surface area contributed by atoms with Crippen molar-refractivity contribution in [2.75, 3.05) is 31.8 Å². The van der Waals surface area contributed by atoms with E-state index < -0.39 is 0 Å². The molecular formula is C20H24N2O3S. The highest BCUT2D eigenvalue weighted by atomic mass is 32.2. The maximum absolute atomic E-state index is 13.0. The Kier molecular flexibility index (Phi) is 5.61. The zero-order chi connectivity index (χ0) is 18.7. The number of hydrogen-bond acceptors (Lipinski definition) is 4. The molecule has 1 N–H and O–H groups in total. The van der Waals surface area contributed by atoms with Gasteiger partial charge >= 0.3 is 6.03 Å². The Morgan fingerprint density at radius 2 is 1.81 bits per heavy atom. The first-order valence-corrected chi connectivity index (χ1v) is 9.58. The number of rotatable bonds is 4. The van der Waals surface area contributed by atoms with E-state index in [1.165, 1.54) is 0 Å². The highest BCUT2D eigenvalue weighted by molar-refractivity contribution is 7.99. The summed E-state index contributed by atoms with van der Waals surface area (Å²) in [6, 6.07) is 11.7. The average Bonchev–Trinajstić information content (AvgIpc) is 3.13. The van der Waals surface area contributed by atoms with Gasteiger partial charge in [0.2, 0.25) is 0 Å². The van der Waals surface area contributed by atoms with Crippen LogP contribution in [0.15, 0.2) is 36.4 Å². The Balaban J connectivity index is 1.88. The zero-order valence-electron chi connectivity index (χ0n) is 15.5. The fourth-order valence-electron chi connectivity index (χ4n) is 3.23. The number of hydrogen-bond donors (Lipinski definition) is 1. The minimum absolute atomic E-state index is 0.0951. The highest BCUT2D eigenvalue weighted by Gasteiger charge is 2.33. The number of para-hydroxylation sites is 2. The molecule has 1 fully saturated rings. The van der Waals surface area contributed by atoms with Crippen LogP contribution in [0.25, 0.3) is 0 Å². The number of anilines is 1. The molecule has 0 unspecified atom stereocenters. The number of carbonyl (C=O) groups excluding carboxylic acids is 1. The maximum atomic E-state index is 13.0. The molecule has 6 heteroatoms. The van der Waals surface area contributed by atoms with Gasteiger partial charge in [0.05, 0.1) is 14.2 Å². The Labute approximate surface area is 158 Å². The first-order chi connectivity index (χ1) is 12.6. The number of nitrogens with zero attached hydrogens (tertiary/aromatic N) is 1. The van der Waals surface area contributed by atoms with E-state index in [1.807, 2.05) is 55.1 Å². The lowest BCUT2D eigenvalue weighted by atomic mass is 10.1. The van der Waals surface area contributed by atoms with Gasteiger partial charge in [0.25, 0.3) is 0 Å². The van der Waals surface area contributed by atoms with Gasteiger partial charge in [-0.05, 0) is 31.0 Å². The summed E-state index contributed by atoms with van der Waals surface area (Å²) in [6.07, 6.45) is 0. The average molecular weight is 372 g/mol.